The molecule has 0 saturated carbocycles. The van der Waals surface area contributed by atoms with Gasteiger partial charge in [0.15, 0.2) is 5.12 Å². The van der Waals surface area contributed by atoms with Crippen molar-refractivity contribution >= 4 is 57.6 Å². The molecule has 1 aliphatic rings. The van der Waals surface area contributed by atoms with E-state index in [9.17, 15) is 29.3 Å². The van der Waals surface area contributed by atoms with Crippen molar-refractivity contribution in [1.82, 2.24) is 5.32 Å². The molecular weight excluding hydrogens is 510 g/mol. The van der Waals surface area contributed by atoms with Gasteiger partial charge < -0.3 is 20.1 Å². The minimum Gasteiger partial charge on any atom is -0.460 e. The van der Waals surface area contributed by atoms with Gasteiger partial charge in [0.2, 0.25) is 5.91 Å². The van der Waals surface area contributed by atoms with Crippen molar-refractivity contribution in [3.8, 4) is 0 Å². The lowest BCUT2D eigenvalue weighted by Gasteiger charge is -2.18. The van der Waals surface area contributed by atoms with Crippen LogP contribution in [0.1, 0.15) is 21.7 Å². The summed E-state index contributed by atoms with van der Waals surface area (Å²) in [6.07, 6.45) is 1.64. The maximum Gasteiger partial charge on any atom is 0.348 e. The van der Waals surface area contributed by atoms with Crippen LogP contribution in [0.3, 0.4) is 0 Å². The van der Waals surface area contributed by atoms with Gasteiger partial charge in [0, 0.05) is 18.7 Å². The van der Waals surface area contributed by atoms with Gasteiger partial charge in [-0.3, -0.25) is 24.5 Å². The van der Waals surface area contributed by atoms with Crippen molar-refractivity contribution in [3.05, 3.63) is 69.6 Å². The van der Waals surface area contributed by atoms with E-state index in [4.69, 9.17) is 9.47 Å². The predicted octanol–water partition coefficient (Wildman–Crippen LogP) is 2.73. The second kappa shape index (κ2) is 12.4. The molecule has 1 amide bonds. The third-order valence-corrected chi connectivity index (χ3v) is 6.65. The first-order valence-electron chi connectivity index (χ1n) is 10.7. The molecule has 1 aliphatic heterocycles. The average molecular weight is 534 g/mol. The Morgan fingerprint density at radius 2 is 1.94 bits per heavy atom. The molecule has 2 N–H and O–H groups in total. The number of anilines is 1. The lowest BCUT2D eigenvalue weighted by molar-refractivity contribution is -0.384. The molecule has 190 valence electrons. The van der Waals surface area contributed by atoms with E-state index in [2.05, 4.69) is 29.8 Å². The van der Waals surface area contributed by atoms with Crippen LogP contribution in [0.4, 0.5) is 10.7 Å². The van der Waals surface area contributed by atoms with E-state index in [1.165, 1.54) is 36.4 Å². The maximum atomic E-state index is 12.7. The number of non-ortho nitro benzene ring substituents is 1. The van der Waals surface area contributed by atoms with E-state index in [1.807, 2.05) is 0 Å². The van der Waals surface area contributed by atoms with Gasteiger partial charge in [0.1, 0.15) is 24.0 Å². The van der Waals surface area contributed by atoms with Crippen LogP contribution in [-0.4, -0.2) is 47.1 Å². The highest BCUT2D eigenvalue weighted by Crippen LogP contribution is 2.28. The fraction of sp³-hybridized carbons (Fsp3) is 0.304. The van der Waals surface area contributed by atoms with Crippen LogP contribution in [0.2, 0.25) is 0 Å². The second-order valence-electron chi connectivity index (χ2n) is 7.84. The molecular formula is C23H23N3O8S2. The van der Waals surface area contributed by atoms with Crippen LogP contribution in [0.25, 0.3) is 0 Å². The first kappa shape index (κ1) is 27.0. The Morgan fingerprint density at radius 3 is 2.58 bits per heavy atom. The molecule has 1 fully saturated rings. The van der Waals surface area contributed by atoms with E-state index >= 15 is 0 Å². The summed E-state index contributed by atoms with van der Waals surface area (Å²) in [6, 6.07) is 7.92. The minimum absolute atomic E-state index is 0.0765. The Labute approximate surface area is 215 Å². The molecule has 0 aliphatic carbocycles. The fourth-order valence-electron chi connectivity index (χ4n) is 3.60. The number of esters is 2. The number of rotatable bonds is 11. The Hall–Kier alpha value is -3.55. The Kier molecular flexibility index (Phi) is 9.33. The largest absolute Gasteiger partial charge is 0.460 e. The Balaban J connectivity index is 1.55. The zero-order valence-electron chi connectivity index (χ0n) is 18.9. The smallest absolute Gasteiger partial charge is 0.348 e. The quantitative estimate of drug-likeness (QED) is 0.0988. The molecule has 0 bridgehead atoms. The monoisotopic (exact) mass is 533 g/mol. The maximum absolute atomic E-state index is 12.7. The number of nitrogens with zero attached hydrogens (tertiary/aromatic N) is 1. The molecule has 3 atom stereocenters. The number of nitrogens with one attached hydrogen (secondary N) is 2. The van der Waals surface area contributed by atoms with Crippen molar-refractivity contribution in [2.24, 2.45) is 11.8 Å². The standard InChI is InChI=1S/C23H23N3O8S2/c1-2-9-33-21(28)17-7-8-18(36-17)25-20(27)16-10-14(11-24-16)19(23(30)35)22(29)34-12-13-3-5-15(6-4-13)26(31)32/h2-8,14,16,19,24H,1,9-12H2,(H,25,27)(H,30,35)/t14-,16+,19?/m1/s1. The molecule has 11 nitrogen and oxygen atoms in total. The normalized spacial score (nSPS) is 17.6. The van der Waals surface area contributed by atoms with Gasteiger partial charge in [0.05, 0.1) is 16.0 Å². The zero-order chi connectivity index (χ0) is 26.2. The number of benzene rings is 1. The van der Waals surface area contributed by atoms with Gasteiger partial charge >= 0.3 is 11.9 Å². The predicted molar refractivity (Wildman–Crippen MR) is 134 cm³/mol. The SMILES string of the molecule is C=CCOC(=O)c1ccc(NC(=O)[C@@H]2C[C@@H](C(C(=O)S)C(=O)OCc3ccc([N+](=O)[O-])cc3)CN2)s1. The van der Waals surface area contributed by atoms with E-state index in [0.717, 1.165) is 11.3 Å². The highest BCUT2D eigenvalue weighted by molar-refractivity contribution is 7.96. The van der Waals surface area contributed by atoms with Crippen LogP contribution in [0.15, 0.2) is 49.1 Å². The van der Waals surface area contributed by atoms with Gasteiger partial charge in [-0.25, -0.2) is 4.79 Å². The van der Waals surface area contributed by atoms with Crippen LogP contribution >= 0.6 is 24.0 Å². The van der Waals surface area contributed by atoms with Gasteiger partial charge in [-0.1, -0.05) is 12.7 Å². The molecule has 2 heterocycles. The number of carbonyl (C=O) groups excluding carboxylic acids is 4. The van der Waals surface area contributed by atoms with Crippen molar-refractivity contribution < 1.29 is 33.6 Å². The number of ether oxygens (including phenoxy) is 2. The van der Waals surface area contributed by atoms with Gasteiger partial charge in [-0.15, -0.1) is 24.0 Å². The van der Waals surface area contributed by atoms with Gasteiger partial charge in [0.25, 0.3) is 5.69 Å². The first-order valence-corrected chi connectivity index (χ1v) is 12.0. The van der Waals surface area contributed by atoms with Crippen LogP contribution in [0.5, 0.6) is 0 Å². The molecule has 2 aromatic rings. The van der Waals surface area contributed by atoms with E-state index in [1.54, 1.807) is 6.07 Å². The lowest BCUT2D eigenvalue weighted by Crippen LogP contribution is -2.35. The van der Waals surface area contributed by atoms with Crippen LogP contribution < -0.4 is 10.6 Å². The lowest BCUT2D eigenvalue weighted by atomic mass is 9.90. The minimum atomic E-state index is -1.19. The Morgan fingerprint density at radius 1 is 1.22 bits per heavy atom. The Bertz CT molecular complexity index is 1160. The number of hydrogen-bond donors (Lipinski definition) is 3. The zero-order valence-corrected chi connectivity index (χ0v) is 20.6. The average Bonchev–Trinajstić information content (AvgIpc) is 3.51. The van der Waals surface area contributed by atoms with Crippen molar-refractivity contribution in [3.63, 3.8) is 0 Å². The summed E-state index contributed by atoms with van der Waals surface area (Å²) < 4.78 is 10.2. The number of carbonyl (C=O) groups is 4. The number of nitro benzene ring substituents is 1. The number of hydrogen-bond acceptors (Lipinski definition) is 10. The highest BCUT2D eigenvalue weighted by Gasteiger charge is 2.41. The number of thiophene rings is 1. The summed E-state index contributed by atoms with van der Waals surface area (Å²) in [7, 11) is 0. The molecule has 1 aromatic heterocycles. The summed E-state index contributed by atoms with van der Waals surface area (Å²) in [6.45, 7) is 3.59. The molecule has 1 aromatic carbocycles. The summed E-state index contributed by atoms with van der Waals surface area (Å²) >= 11 is 4.90. The molecule has 1 saturated heterocycles. The number of nitro groups is 1. The number of thiol groups is 1. The summed E-state index contributed by atoms with van der Waals surface area (Å²) in [4.78, 5) is 59.9. The molecule has 36 heavy (non-hydrogen) atoms. The third-order valence-electron chi connectivity index (χ3n) is 5.39. The van der Waals surface area contributed by atoms with E-state index < -0.39 is 39.9 Å². The topological polar surface area (TPSA) is 154 Å². The van der Waals surface area contributed by atoms with Crippen molar-refractivity contribution in [1.29, 1.82) is 0 Å². The molecule has 0 spiro atoms. The molecule has 13 heteroatoms. The molecule has 0 radical (unpaired) electrons. The van der Waals surface area contributed by atoms with Gasteiger partial charge in [-0.2, -0.15) is 0 Å². The van der Waals surface area contributed by atoms with E-state index in [-0.39, 0.29) is 37.8 Å². The molecule has 1 unspecified atom stereocenters. The van der Waals surface area contributed by atoms with Crippen LogP contribution in [0, 0.1) is 22.0 Å². The van der Waals surface area contributed by atoms with Crippen LogP contribution in [-0.2, 0) is 30.5 Å². The second-order valence-corrected chi connectivity index (χ2v) is 9.37. The summed E-state index contributed by atoms with van der Waals surface area (Å²) in [5.41, 5.74) is 0.422. The van der Waals surface area contributed by atoms with Gasteiger partial charge in [-0.05, 0) is 42.2 Å². The first-order chi connectivity index (χ1) is 17.2. The fourth-order valence-corrected chi connectivity index (χ4v) is 4.72. The van der Waals surface area contributed by atoms with Crippen molar-refractivity contribution in [2.75, 3.05) is 18.5 Å². The molecule has 3 rings (SSSR count). The third kappa shape index (κ3) is 6.99. The van der Waals surface area contributed by atoms with Crippen molar-refractivity contribution in [2.45, 2.75) is 19.1 Å². The summed E-state index contributed by atoms with van der Waals surface area (Å²) in [5, 5.41) is 16.2. The summed E-state index contributed by atoms with van der Waals surface area (Å²) in [5.74, 6) is -3.41. The van der Waals surface area contributed by atoms with E-state index in [0.29, 0.717) is 15.4 Å². The highest BCUT2D eigenvalue weighted by atomic mass is 32.1. The number of amides is 1.